The summed E-state index contributed by atoms with van der Waals surface area (Å²) in [5.74, 6) is 0.00104. The Hall–Kier alpha value is -3.32. The molecule has 0 radical (unpaired) electrons. The van der Waals surface area contributed by atoms with Crippen molar-refractivity contribution in [2.75, 3.05) is 45.2 Å². The van der Waals surface area contributed by atoms with Crippen LogP contribution in [0.2, 0.25) is 0 Å². The van der Waals surface area contributed by atoms with Crippen molar-refractivity contribution in [3.8, 4) is 0 Å². The van der Waals surface area contributed by atoms with Crippen LogP contribution in [0.3, 0.4) is 0 Å². The lowest BCUT2D eigenvalue weighted by Crippen LogP contribution is -2.40. The number of aryl methyl sites for hydroxylation is 1. The molecule has 0 spiro atoms. The quantitative estimate of drug-likeness (QED) is 0.669. The van der Waals surface area contributed by atoms with Crippen molar-refractivity contribution in [1.82, 2.24) is 9.80 Å². The second-order valence-electron chi connectivity index (χ2n) is 8.58. The number of benzene rings is 2. The van der Waals surface area contributed by atoms with Crippen LogP contribution in [-0.2, 0) is 15.9 Å². The lowest BCUT2D eigenvalue weighted by molar-refractivity contribution is 0.0303. The summed E-state index contributed by atoms with van der Waals surface area (Å²) >= 11 is 0. The molecule has 2 aliphatic rings. The fourth-order valence-corrected chi connectivity index (χ4v) is 4.53. The van der Waals surface area contributed by atoms with Crippen LogP contribution in [-0.4, -0.2) is 61.3 Å². The zero-order valence-electron chi connectivity index (χ0n) is 20.0. The third kappa shape index (κ3) is 5.09. The van der Waals surface area contributed by atoms with Crippen molar-refractivity contribution in [3.05, 3.63) is 70.8 Å². The molecule has 0 aromatic heterocycles. The highest BCUT2D eigenvalue weighted by Crippen LogP contribution is 2.36. The zero-order chi connectivity index (χ0) is 24.1. The molecule has 7 heteroatoms. The normalized spacial score (nSPS) is 18.4. The van der Waals surface area contributed by atoms with E-state index in [1.165, 1.54) is 5.56 Å². The number of carbonyl (C=O) groups excluding carboxylic acids is 2. The van der Waals surface area contributed by atoms with E-state index in [0.29, 0.717) is 51.4 Å². The van der Waals surface area contributed by atoms with E-state index in [1.54, 1.807) is 11.8 Å². The van der Waals surface area contributed by atoms with Gasteiger partial charge in [0, 0.05) is 36.4 Å². The van der Waals surface area contributed by atoms with Gasteiger partial charge in [-0.15, -0.1) is 0 Å². The number of hydrogen-bond acceptors (Lipinski definition) is 5. The molecule has 2 amide bonds. The van der Waals surface area contributed by atoms with Crippen LogP contribution >= 0.6 is 0 Å². The van der Waals surface area contributed by atoms with E-state index < -0.39 is 0 Å². The highest BCUT2D eigenvalue weighted by Gasteiger charge is 2.30. The van der Waals surface area contributed by atoms with Gasteiger partial charge in [-0.25, -0.2) is 4.79 Å². The van der Waals surface area contributed by atoms with Gasteiger partial charge in [0.1, 0.15) is 0 Å². The fraction of sp³-hybridized carbons (Fsp3) is 0.407. The Morgan fingerprint density at radius 1 is 1.06 bits per heavy atom. The first kappa shape index (κ1) is 23.8. The number of carbonyl (C=O) groups is 2. The predicted octanol–water partition coefficient (Wildman–Crippen LogP) is 4.29. The second kappa shape index (κ2) is 10.7. The summed E-state index contributed by atoms with van der Waals surface area (Å²) in [7, 11) is 0. The molecular weight excluding hydrogens is 430 g/mol. The van der Waals surface area contributed by atoms with Gasteiger partial charge in [-0.2, -0.15) is 0 Å². The van der Waals surface area contributed by atoms with E-state index in [4.69, 9.17) is 15.2 Å². The Balaban J connectivity index is 1.65. The SMILES string of the molecule is CCOC(=O)N1CCC(c2cc(CC)ccc2N)=CC1c1ccc(C(=O)N2CCOCC2)cc1. The van der Waals surface area contributed by atoms with E-state index >= 15 is 0 Å². The molecule has 2 aliphatic heterocycles. The zero-order valence-corrected chi connectivity index (χ0v) is 20.0. The molecule has 2 N–H and O–H groups in total. The van der Waals surface area contributed by atoms with Crippen molar-refractivity contribution in [2.45, 2.75) is 32.7 Å². The van der Waals surface area contributed by atoms with Gasteiger partial charge < -0.3 is 20.1 Å². The highest BCUT2D eigenvalue weighted by molar-refractivity contribution is 5.94. The summed E-state index contributed by atoms with van der Waals surface area (Å²) in [6.45, 7) is 7.11. The topological polar surface area (TPSA) is 85.1 Å². The standard InChI is InChI=1S/C27H33N3O4/c1-3-19-5-10-24(28)23(17-19)22-11-12-30(27(32)34-4-2)25(18-22)20-6-8-21(9-7-20)26(31)29-13-15-33-16-14-29/h5-10,17-18,25H,3-4,11-16,28H2,1-2H3. The number of nitrogens with zero attached hydrogens (tertiary/aromatic N) is 2. The monoisotopic (exact) mass is 463 g/mol. The van der Waals surface area contributed by atoms with Gasteiger partial charge in [0.2, 0.25) is 0 Å². The third-order valence-corrected chi connectivity index (χ3v) is 6.49. The first-order valence-electron chi connectivity index (χ1n) is 12.0. The second-order valence-corrected chi connectivity index (χ2v) is 8.58. The number of rotatable bonds is 5. The summed E-state index contributed by atoms with van der Waals surface area (Å²) in [4.78, 5) is 29.1. The number of anilines is 1. The summed E-state index contributed by atoms with van der Waals surface area (Å²) in [6, 6.07) is 13.4. The van der Waals surface area contributed by atoms with Gasteiger partial charge in [-0.05, 0) is 60.7 Å². The Kier molecular flexibility index (Phi) is 7.53. The average Bonchev–Trinajstić information content (AvgIpc) is 2.89. The average molecular weight is 464 g/mol. The van der Waals surface area contributed by atoms with Crippen LogP contribution in [0.5, 0.6) is 0 Å². The Labute approximate surface area is 201 Å². The largest absolute Gasteiger partial charge is 0.450 e. The molecule has 0 bridgehead atoms. The number of ether oxygens (including phenoxy) is 2. The number of hydrogen-bond donors (Lipinski definition) is 1. The van der Waals surface area contributed by atoms with Gasteiger partial charge in [0.15, 0.2) is 0 Å². The van der Waals surface area contributed by atoms with Gasteiger partial charge in [0.05, 0.1) is 25.9 Å². The molecule has 1 fully saturated rings. The minimum atomic E-state index is -0.341. The lowest BCUT2D eigenvalue weighted by Gasteiger charge is -2.34. The maximum Gasteiger partial charge on any atom is 0.410 e. The smallest absolute Gasteiger partial charge is 0.410 e. The summed E-state index contributed by atoms with van der Waals surface area (Å²) in [5, 5.41) is 0. The maximum atomic E-state index is 12.8. The van der Waals surface area contributed by atoms with Crippen molar-refractivity contribution in [3.63, 3.8) is 0 Å². The molecule has 4 rings (SSSR count). The number of nitrogen functional groups attached to an aromatic ring is 1. The van der Waals surface area contributed by atoms with E-state index in [9.17, 15) is 9.59 Å². The molecule has 0 aliphatic carbocycles. The summed E-state index contributed by atoms with van der Waals surface area (Å²) in [5.41, 5.74) is 12.0. The lowest BCUT2D eigenvalue weighted by atomic mass is 9.90. The van der Waals surface area contributed by atoms with Gasteiger partial charge in [-0.1, -0.05) is 31.2 Å². The van der Waals surface area contributed by atoms with Crippen LogP contribution in [0.25, 0.3) is 5.57 Å². The number of amides is 2. The molecule has 1 unspecified atom stereocenters. The highest BCUT2D eigenvalue weighted by atomic mass is 16.6. The minimum Gasteiger partial charge on any atom is -0.450 e. The Morgan fingerprint density at radius 3 is 2.47 bits per heavy atom. The number of morpholine rings is 1. The number of nitrogens with two attached hydrogens (primary N) is 1. The van der Waals surface area contributed by atoms with Crippen molar-refractivity contribution < 1.29 is 19.1 Å². The van der Waals surface area contributed by atoms with E-state index in [1.807, 2.05) is 35.2 Å². The molecule has 180 valence electrons. The molecular formula is C27H33N3O4. The predicted molar refractivity (Wildman–Crippen MR) is 132 cm³/mol. The van der Waals surface area contributed by atoms with E-state index in [0.717, 1.165) is 28.8 Å². The summed E-state index contributed by atoms with van der Waals surface area (Å²) in [6.07, 6.45) is 3.38. The summed E-state index contributed by atoms with van der Waals surface area (Å²) < 4.78 is 10.7. The molecule has 2 aromatic carbocycles. The van der Waals surface area contributed by atoms with Crippen LogP contribution in [0.1, 0.15) is 53.4 Å². The maximum absolute atomic E-state index is 12.8. The third-order valence-electron chi connectivity index (χ3n) is 6.49. The van der Waals surface area contributed by atoms with Crippen LogP contribution in [0.15, 0.2) is 48.5 Å². The van der Waals surface area contributed by atoms with Crippen LogP contribution in [0.4, 0.5) is 10.5 Å². The van der Waals surface area contributed by atoms with Crippen molar-refractivity contribution in [1.29, 1.82) is 0 Å². The molecule has 1 atom stereocenters. The molecule has 2 heterocycles. The minimum absolute atomic E-state index is 0.00104. The Bertz CT molecular complexity index is 1060. The molecule has 2 aromatic rings. The van der Waals surface area contributed by atoms with E-state index in [-0.39, 0.29) is 18.0 Å². The first-order chi connectivity index (χ1) is 16.5. The van der Waals surface area contributed by atoms with Gasteiger partial charge in [-0.3, -0.25) is 9.69 Å². The Morgan fingerprint density at radius 2 is 1.79 bits per heavy atom. The first-order valence-corrected chi connectivity index (χ1v) is 12.0. The molecule has 0 saturated carbocycles. The van der Waals surface area contributed by atoms with E-state index in [2.05, 4.69) is 25.1 Å². The van der Waals surface area contributed by atoms with Crippen LogP contribution < -0.4 is 5.73 Å². The van der Waals surface area contributed by atoms with Gasteiger partial charge >= 0.3 is 6.09 Å². The fourth-order valence-electron chi connectivity index (χ4n) is 4.53. The molecule has 7 nitrogen and oxygen atoms in total. The van der Waals surface area contributed by atoms with Gasteiger partial charge in [0.25, 0.3) is 5.91 Å². The van der Waals surface area contributed by atoms with Crippen molar-refractivity contribution in [2.24, 2.45) is 0 Å². The molecule has 1 saturated heterocycles. The molecule has 34 heavy (non-hydrogen) atoms. The van der Waals surface area contributed by atoms with Crippen LogP contribution in [0, 0.1) is 0 Å². The van der Waals surface area contributed by atoms with Crippen molar-refractivity contribution >= 4 is 23.3 Å².